The van der Waals surface area contributed by atoms with Gasteiger partial charge in [0.2, 0.25) is 0 Å². The summed E-state index contributed by atoms with van der Waals surface area (Å²) in [7, 11) is 0. The van der Waals surface area contributed by atoms with E-state index in [4.69, 9.17) is 16.3 Å². The molecule has 2 aromatic heterocycles. The number of hydrogen-bond donors (Lipinski definition) is 1. The van der Waals surface area contributed by atoms with Crippen LogP contribution in [-0.4, -0.2) is 27.6 Å². The lowest BCUT2D eigenvalue weighted by molar-refractivity contribution is 0.107. The third-order valence-corrected chi connectivity index (χ3v) is 5.48. The summed E-state index contributed by atoms with van der Waals surface area (Å²) < 4.78 is 18.5. The van der Waals surface area contributed by atoms with Gasteiger partial charge in [0.15, 0.2) is 0 Å². The van der Waals surface area contributed by atoms with Crippen LogP contribution in [0, 0.1) is 5.82 Å². The Hall–Kier alpha value is -2.45. The van der Waals surface area contributed by atoms with Crippen molar-refractivity contribution in [3.05, 3.63) is 45.8 Å². The van der Waals surface area contributed by atoms with Crippen molar-refractivity contribution in [1.29, 1.82) is 0 Å². The molecule has 0 spiro atoms. The summed E-state index contributed by atoms with van der Waals surface area (Å²) in [6.45, 7) is 3.06. The fourth-order valence-corrected chi connectivity index (χ4v) is 4.25. The first-order valence-corrected chi connectivity index (χ1v) is 9.15. The summed E-state index contributed by atoms with van der Waals surface area (Å²) in [5, 5.41) is 4.06. The van der Waals surface area contributed by atoms with Gasteiger partial charge in [0.05, 0.1) is 30.1 Å². The van der Waals surface area contributed by atoms with Crippen LogP contribution < -0.4 is 5.32 Å². The van der Waals surface area contributed by atoms with Crippen LogP contribution in [0.5, 0.6) is 0 Å². The SMILES string of the molecule is CCOC(=O)N1Cc2sc3ncnc(Nc4ccc(F)c(Cl)c4)c3c2C1. The molecule has 0 bridgehead atoms. The highest BCUT2D eigenvalue weighted by molar-refractivity contribution is 7.19. The maximum absolute atomic E-state index is 13.4. The lowest BCUT2D eigenvalue weighted by Gasteiger charge is -2.15. The molecule has 0 radical (unpaired) electrons. The van der Waals surface area contributed by atoms with E-state index in [1.54, 1.807) is 17.9 Å². The largest absolute Gasteiger partial charge is 0.450 e. The predicted molar refractivity (Wildman–Crippen MR) is 98.4 cm³/mol. The number of aromatic nitrogens is 2. The quantitative estimate of drug-likeness (QED) is 0.699. The molecule has 0 unspecified atom stereocenters. The molecule has 0 saturated carbocycles. The van der Waals surface area contributed by atoms with Crippen LogP contribution in [0.25, 0.3) is 10.2 Å². The number of ether oxygens (including phenoxy) is 1. The van der Waals surface area contributed by atoms with E-state index in [2.05, 4.69) is 15.3 Å². The highest BCUT2D eigenvalue weighted by Gasteiger charge is 2.30. The number of fused-ring (bicyclic) bond motifs is 3. The molecule has 3 heterocycles. The molecule has 6 nitrogen and oxygen atoms in total. The van der Waals surface area contributed by atoms with Gasteiger partial charge in [-0.2, -0.15) is 0 Å². The summed E-state index contributed by atoms with van der Waals surface area (Å²) >= 11 is 7.38. The molecule has 1 amide bonds. The lowest BCUT2D eigenvalue weighted by Crippen LogP contribution is -2.26. The Balaban J connectivity index is 1.69. The number of nitrogens with one attached hydrogen (secondary N) is 1. The first-order chi connectivity index (χ1) is 12.6. The summed E-state index contributed by atoms with van der Waals surface area (Å²) in [5.74, 6) is 0.118. The number of thiophene rings is 1. The number of amides is 1. The second-order valence-electron chi connectivity index (χ2n) is 5.72. The third-order valence-electron chi connectivity index (χ3n) is 4.06. The van der Waals surface area contributed by atoms with Gasteiger partial charge >= 0.3 is 6.09 Å². The summed E-state index contributed by atoms with van der Waals surface area (Å²) in [6, 6.07) is 4.39. The van der Waals surface area contributed by atoms with E-state index in [9.17, 15) is 9.18 Å². The Morgan fingerprint density at radius 3 is 3.04 bits per heavy atom. The summed E-state index contributed by atoms with van der Waals surface area (Å²) in [6.07, 6.45) is 1.14. The van der Waals surface area contributed by atoms with Gasteiger partial charge < -0.3 is 10.1 Å². The molecule has 1 aliphatic heterocycles. The van der Waals surface area contributed by atoms with Gasteiger partial charge in [-0.15, -0.1) is 11.3 Å². The monoisotopic (exact) mass is 392 g/mol. The Kier molecular flexibility index (Phi) is 4.37. The van der Waals surface area contributed by atoms with Crippen molar-refractivity contribution in [3.8, 4) is 0 Å². The average molecular weight is 393 g/mol. The molecule has 3 aromatic rings. The molecular weight excluding hydrogens is 379 g/mol. The Morgan fingerprint density at radius 1 is 1.42 bits per heavy atom. The average Bonchev–Trinajstić information content (AvgIpc) is 3.16. The zero-order valence-electron chi connectivity index (χ0n) is 13.8. The van der Waals surface area contributed by atoms with Crippen molar-refractivity contribution in [2.75, 3.05) is 11.9 Å². The minimum absolute atomic E-state index is 0.0318. The molecule has 1 aromatic carbocycles. The number of hydrogen-bond acceptors (Lipinski definition) is 6. The maximum Gasteiger partial charge on any atom is 0.410 e. The highest BCUT2D eigenvalue weighted by atomic mass is 35.5. The maximum atomic E-state index is 13.4. The van der Waals surface area contributed by atoms with E-state index in [1.807, 2.05) is 0 Å². The lowest BCUT2D eigenvalue weighted by atomic mass is 10.2. The van der Waals surface area contributed by atoms with Crippen LogP contribution in [0.3, 0.4) is 0 Å². The molecule has 1 aliphatic rings. The normalized spacial score (nSPS) is 13.1. The second kappa shape index (κ2) is 6.69. The van der Waals surface area contributed by atoms with Crippen molar-refractivity contribution >= 4 is 50.8 Å². The van der Waals surface area contributed by atoms with E-state index in [0.717, 1.165) is 20.7 Å². The number of carbonyl (C=O) groups is 1. The van der Waals surface area contributed by atoms with Crippen molar-refractivity contribution in [1.82, 2.24) is 14.9 Å². The van der Waals surface area contributed by atoms with E-state index in [-0.39, 0.29) is 11.1 Å². The molecule has 0 atom stereocenters. The molecular formula is C17H14ClFN4O2S. The van der Waals surface area contributed by atoms with Crippen molar-refractivity contribution in [2.24, 2.45) is 0 Å². The van der Waals surface area contributed by atoms with E-state index < -0.39 is 5.82 Å². The molecule has 134 valence electrons. The van der Waals surface area contributed by atoms with E-state index in [0.29, 0.717) is 31.2 Å². The molecule has 26 heavy (non-hydrogen) atoms. The molecule has 0 saturated heterocycles. The fraction of sp³-hybridized carbons (Fsp3) is 0.235. The molecule has 0 fully saturated rings. The minimum atomic E-state index is -0.480. The van der Waals surface area contributed by atoms with Gasteiger partial charge in [-0.1, -0.05) is 11.6 Å². The predicted octanol–water partition coefficient (Wildman–Crippen LogP) is 4.70. The smallest absolute Gasteiger partial charge is 0.410 e. The van der Waals surface area contributed by atoms with Crippen molar-refractivity contribution in [2.45, 2.75) is 20.0 Å². The van der Waals surface area contributed by atoms with Crippen molar-refractivity contribution < 1.29 is 13.9 Å². The number of benzene rings is 1. The highest BCUT2D eigenvalue weighted by Crippen LogP contribution is 2.40. The first-order valence-electron chi connectivity index (χ1n) is 7.96. The molecule has 1 N–H and O–H groups in total. The van der Waals surface area contributed by atoms with Gasteiger partial charge in [-0.3, -0.25) is 4.90 Å². The van der Waals surface area contributed by atoms with E-state index in [1.165, 1.54) is 29.8 Å². The van der Waals surface area contributed by atoms with Gasteiger partial charge in [0, 0.05) is 16.1 Å². The third kappa shape index (κ3) is 2.95. The topological polar surface area (TPSA) is 67.3 Å². The Morgan fingerprint density at radius 2 is 2.27 bits per heavy atom. The Labute approximate surface area is 157 Å². The summed E-state index contributed by atoms with van der Waals surface area (Å²) in [5.41, 5.74) is 1.63. The molecule has 0 aliphatic carbocycles. The van der Waals surface area contributed by atoms with Gasteiger partial charge in [0.25, 0.3) is 0 Å². The van der Waals surface area contributed by atoms with Gasteiger partial charge in [-0.05, 0) is 25.1 Å². The zero-order valence-corrected chi connectivity index (χ0v) is 15.3. The second-order valence-corrected chi connectivity index (χ2v) is 7.21. The number of carbonyl (C=O) groups excluding carboxylic acids is 1. The van der Waals surface area contributed by atoms with Crippen LogP contribution in [0.2, 0.25) is 5.02 Å². The standard InChI is InChI=1S/C17H14ClFN4O2S/c1-2-25-17(24)23-6-10-13(7-23)26-16-14(10)15(20-8-21-16)22-9-3-4-12(19)11(18)5-9/h3-5,8H,2,6-7H2,1H3,(H,20,21,22). The number of nitrogens with zero attached hydrogens (tertiary/aromatic N) is 3. The van der Waals surface area contributed by atoms with Gasteiger partial charge in [0.1, 0.15) is 22.8 Å². The fourth-order valence-electron chi connectivity index (χ4n) is 2.90. The molecule has 9 heteroatoms. The number of halogens is 2. The summed E-state index contributed by atoms with van der Waals surface area (Å²) in [4.78, 5) is 24.2. The minimum Gasteiger partial charge on any atom is -0.450 e. The molecule has 4 rings (SSSR count). The van der Waals surface area contributed by atoms with Crippen LogP contribution in [0.4, 0.5) is 20.7 Å². The van der Waals surface area contributed by atoms with E-state index >= 15 is 0 Å². The van der Waals surface area contributed by atoms with Crippen LogP contribution in [-0.2, 0) is 17.8 Å². The van der Waals surface area contributed by atoms with Gasteiger partial charge in [-0.25, -0.2) is 19.2 Å². The van der Waals surface area contributed by atoms with Crippen LogP contribution in [0.15, 0.2) is 24.5 Å². The number of rotatable bonds is 3. The van der Waals surface area contributed by atoms with Crippen LogP contribution >= 0.6 is 22.9 Å². The van der Waals surface area contributed by atoms with Crippen molar-refractivity contribution in [3.63, 3.8) is 0 Å². The zero-order chi connectivity index (χ0) is 18.3. The first kappa shape index (κ1) is 17.0. The Bertz CT molecular complexity index is 1010. The van der Waals surface area contributed by atoms with Crippen LogP contribution in [0.1, 0.15) is 17.4 Å². The number of anilines is 2.